The molecular weight excluding hydrogens is 426 g/mol. The highest BCUT2D eigenvalue weighted by molar-refractivity contribution is 14.1. The molecule has 3 heteroatoms. The Morgan fingerprint density at radius 2 is 1.56 bits per heavy atom. The predicted molar refractivity (Wildman–Crippen MR) is 83.9 cm³/mol. The second-order valence-electron chi connectivity index (χ2n) is 3.30. The minimum Gasteiger partial charge on any atom is -0.496 e. The number of methoxy groups -OCH3 is 1. The predicted octanol–water partition coefficient (Wildman–Crippen LogP) is 4.57. The summed E-state index contributed by atoms with van der Waals surface area (Å²) in [6, 6.07) is 14.5. The van der Waals surface area contributed by atoms with Crippen molar-refractivity contribution in [3.05, 3.63) is 49.6 Å². The fraction of sp³-hybridized carbons (Fsp3) is 0.0769. The Labute approximate surface area is 122 Å². The van der Waals surface area contributed by atoms with Crippen molar-refractivity contribution in [2.75, 3.05) is 7.11 Å². The molecule has 0 aliphatic heterocycles. The van der Waals surface area contributed by atoms with Crippen LogP contribution in [0.1, 0.15) is 0 Å². The van der Waals surface area contributed by atoms with E-state index in [1.807, 2.05) is 12.1 Å². The molecule has 0 amide bonds. The topological polar surface area (TPSA) is 9.23 Å². The first-order valence-corrected chi connectivity index (χ1v) is 6.97. The van der Waals surface area contributed by atoms with Gasteiger partial charge in [-0.25, -0.2) is 0 Å². The van der Waals surface area contributed by atoms with Gasteiger partial charge in [-0.1, -0.05) is 30.3 Å². The van der Waals surface area contributed by atoms with Crippen molar-refractivity contribution in [2.24, 2.45) is 0 Å². The van der Waals surface area contributed by atoms with Crippen LogP contribution in [0.4, 0.5) is 0 Å². The summed E-state index contributed by atoms with van der Waals surface area (Å²) in [5.74, 6) is 0.928. The van der Waals surface area contributed by atoms with E-state index in [1.54, 1.807) is 7.11 Å². The van der Waals surface area contributed by atoms with Crippen molar-refractivity contribution < 1.29 is 4.74 Å². The number of ether oxygens (including phenoxy) is 1. The molecule has 0 bridgehead atoms. The molecule has 0 saturated heterocycles. The lowest BCUT2D eigenvalue weighted by atomic mass is 10.1. The third-order valence-electron chi connectivity index (χ3n) is 2.35. The molecule has 0 aliphatic rings. The van der Waals surface area contributed by atoms with E-state index in [0.717, 1.165) is 9.32 Å². The maximum atomic E-state index is 5.34. The Balaban J connectivity index is 2.61. The molecule has 0 saturated carbocycles. The molecule has 16 heavy (non-hydrogen) atoms. The van der Waals surface area contributed by atoms with Gasteiger partial charge in [-0.3, -0.25) is 0 Å². The molecule has 0 atom stereocenters. The van der Waals surface area contributed by atoms with E-state index < -0.39 is 0 Å². The third-order valence-corrected chi connectivity index (χ3v) is 4.40. The maximum Gasteiger partial charge on any atom is 0.132 e. The minimum atomic E-state index is 0.928. The molecule has 2 aromatic rings. The zero-order valence-electron chi connectivity index (χ0n) is 8.71. The van der Waals surface area contributed by atoms with Crippen LogP contribution in [0.2, 0.25) is 0 Å². The molecule has 2 aromatic carbocycles. The van der Waals surface area contributed by atoms with Crippen LogP contribution in [0.5, 0.6) is 5.75 Å². The van der Waals surface area contributed by atoms with Gasteiger partial charge in [-0.2, -0.15) is 0 Å². The second kappa shape index (κ2) is 5.35. The SMILES string of the molecule is COc1cccc(-c2ccccc2I)c1I. The first-order valence-electron chi connectivity index (χ1n) is 4.81. The molecule has 82 valence electrons. The van der Waals surface area contributed by atoms with Crippen molar-refractivity contribution in [2.45, 2.75) is 0 Å². The van der Waals surface area contributed by atoms with Gasteiger partial charge in [-0.05, 0) is 68.4 Å². The van der Waals surface area contributed by atoms with E-state index in [1.165, 1.54) is 14.7 Å². The number of halogens is 2. The van der Waals surface area contributed by atoms with Gasteiger partial charge in [0.25, 0.3) is 0 Å². The molecule has 0 aromatic heterocycles. The number of hydrogen-bond donors (Lipinski definition) is 0. The van der Waals surface area contributed by atoms with Crippen LogP contribution < -0.4 is 4.74 Å². The van der Waals surface area contributed by atoms with E-state index >= 15 is 0 Å². The molecule has 2 rings (SSSR count). The Morgan fingerprint density at radius 1 is 0.875 bits per heavy atom. The molecule has 0 radical (unpaired) electrons. The molecule has 0 heterocycles. The lowest BCUT2D eigenvalue weighted by molar-refractivity contribution is 0.412. The highest BCUT2D eigenvalue weighted by atomic mass is 127. The van der Waals surface area contributed by atoms with Crippen molar-refractivity contribution in [1.82, 2.24) is 0 Å². The smallest absolute Gasteiger partial charge is 0.132 e. The van der Waals surface area contributed by atoms with E-state index in [4.69, 9.17) is 4.74 Å². The minimum absolute atomic E-state index is 0.928. The first kappa shape index (κ1) is 12.2. The van der Waals surface area contributed by atoms with Crippen LogP contribution in [-0.2, 0) is 0 Å². The quantitative estimate of drug-likeness (QED) is 0.628. The van der Waals surface area contributed by atoms with Crippen LogP contribution in [0.3, 0.4) is 0 Å². The maximum absolute atomic E-state index is 5.34. The molecule has 0 fully saturated rings. The highest BCUT2D eigenvalue weighted by Gasteiger charge is 2.09. The van der Waals surface area contributed by atoms with Gasteiger partial charge in [0.1, 0.15) is 5.75 Å². The largest absolute Gasteiger partial charge is 0.496 e. The van der Waals surface area contributed by atoms with Gasteiger partial charge in [-0.15, -0.1) is 0 Å². The molecular formula is C13H10I2O. The normalized spacial score (nSPS) is 10.2. The summed E-state index contributed by atoms with van der Waals surface area (Å²) in [5.41, 5.74) is 2.48. The summed E-state index contributed by atoms with van der Waals surface area (Å²) in [6.45, 7) is 0. The lowest BCUT2D eigenvalue weighted by Gasteiger charge is -2.10. The Hall–Kier alpha value is -0.300. The van der Waals surface area contributed by atoms with E-state index in [-0.39, 0.29) is 0 Å². The summed E-state index contributed by atoms with van der Waals surface area (Å²) in [5, 5.41) is 0. The fourth-order valence-corrected chi connectivity index (χ4v) is 3.10. The Morgan fingerprint density at radius 3 is 2.25 bits per heavy atom. The standard InChI is InChI=1S/C13H10I2O/c1-16-12-8-4-6-10(13(12)15)9-5-2-3-7-11(9)14/h2-8H,1H3. The number of rotatable bonds is 2. The summed E-state index contributed by atoms with van der Waals surface area (Å²) in [7, 11) is 1.71. The van der Waals surface area contributed by atoms with Crippen LogP contribution in [-0.4, -0.2) is 7.11 Å². The zero-order chi connectivity index (χ0) is 11.5. The summed E-state index contributed by atoms with van der Waals surface area (Å²) in [4.78, 5) is 0. The Kier molecular flexibility index (Phi) is 4.07. The van der Waals surface area contributed by atoms with Gasteiger partial charge in [0.05, 0.1) is 10.7 Å². The van der Waals surface area contributed by atoms with Gasteiger partial charge < -0.3 is 4.74 Å². The lowest BCUT2D eigenvalue weighted by Crippen LogP contribution is -1.91. The molecule has 0 N–H and O–H groups in total. The number of benzene rings is 2. The van der Waals surface area contributed by atoms with E-state index in [9.17, 15) is 0 Å². The number of hydrogen-bond acceptors (Lipinski definition) is 1. The zero-order valence-corrected chi connectivity index (χ0v) is 13.0. The van der Waals surface area contributed by atoms with Crippen LogP contribution >= 0.6 is 45.2 Å². The fourth-order valence-electron chi connectivity index (χ4n) is 1.56. The third kappa shape index (κ3) is 2.34. The van der Waals surface area contributed by atoms with E-state index in [0.29, 0.717) is 0 Å². The van der Waals surface area contributed by atoms with Crippen LogP contribution in [0.15, 0.2) is 42.5 Å². The van der Waals surface area contributed by atoms with Gasteiger partial charge in [0, 0.05) is 3.57 Å². The average Bonchev–Trinajstić information content (AvgIpc) is 2.31. The molecule has 1 nitrogen and oxygen atoms in total. The van der Waals surface area contributed by atoms with Crippen molar-refractivity contribution in [1.29, 1.82) is 0 Å². The summed E-state index contributed by atoms with van der Waals surface area (Å²) >= 11 is 4.69. The summed E-state index contributed by atoms with van der Waals surface area (Å²) < 4.78 is 7.75. The average molecular weight is 436 g/mol. The molecule has 0 aliphatic carbocycles. The van der Waals surface area contributed by atoms with Crippen LogP contribution in [0.25, 0.3) is 11.1 Å². The van der Waals surface area contributed by atoms with E-state index in [2.05, 4.69) is 75.5 Å². The Bertz CT molecular complexity index is 509. The van der Waals surface area contributed by atoms with Crippen molar-refractivity contribution in [3.63, 3.8) is 0 Å². The van der Waals surface area contributed by atoms with Crippen LogP contribution in [0, 0.1) is 7.14 Å². The van der Waals surface area contributed by atoms with Crippen molar-refractivity contribution >= 4 is 45.2 Å². The second-order valence-corrected chi connectivity index (χ2v) is 5.54. The highest BCUT2D eigenvalue weighted by Crippen LogP contribution is 2.33. The molecule has 0 spiro atoms. The summed E-state index contributed by atoms with van der Waals surface area (Å²) in [6.07, 6.45) is 0. The first-order chi connectivity index (χ1) is 7.74. The van der Waals surface area contributed by atoms with Gasteiger partial charge in [0.15, 0.2) is 0 Å². The molecule has 0 unspecified atom stereocenters. The van der Waals surface area contributed by atoms with Crippen molar-refractivity contribution in [3.8, 4) is 16.9 Å². The monoisotopic (exact) mass is 436 g/mol. The van der Waals surface area contributed by atoms with Gasteiger partial charge in [0.2, 0.25) is 0 Å². The van der Waals surface area contributed by atoms with Gasteiger partial charge >= 0.3 is 0 Å².